The molecule has 2 N–H and O–H groups in total. The minimum absolute atomic E-state index is 0.0747. The number of phenolic OH excluding ortho intramolecular Hbond substituents is 1. The number of hydrogen-bond donors (Lipinski definition) is 2. The minimum atomic E-state index is -0.507. The van der Waals surface area contributed by atoms with Gasteiger partial charge in [-0.25, -0.2) is 4.79 Å². The molecule has 1 aliphatic carbocycles. The van der Waals surface area contributed by atoms with Crippen molar-refractivity contribution in [3.05, 3.63) is 58.1 Å². The van der Waals surface area contributed by atoms with Crippen molar-refractivity contribution in [3.8, 4) is 5.75 Å². The molecule has 3 rings (SSSR count). The number of esters is 1. The fraction of sp³-hybridized carbons (Fsp3) is 0.333. The number of methoxy groups -OCH3 is 1. The van der Waals surface area contributed by atoms with E-state index in [4.69, 9.17) is 11.6 Å². The summed E-state index contributed by atoms with van der Waals surface area (Å²) in [7, 11) is 1.29. The van der Waals surface area contributed by atoms with Gasteiger partial charge in [-0.2, -0.15) is 0 Å². The van der Waals surface area contributed by atoms with E-state index in [0.29, 0.717) is 17.2 Å². The molecule has 0 bridgehead atoms. The molecule has 27 heavy (non-hydrogen) atoms. The van der Waals surface area contributed by atoms with Gasteiger partial charge >= 0.3 is 5.97 Å². The molecule has 1 fully saturated rings. The molecule has 0 radical (unpaired) electrons. The third-order valence-corrected chi connectivity index (χ3v) is 5.29. The topological polar surface area (TPSA) is 75.6 Å². The maximum atomic E-state index is 12.7. The number of rotatable bonds is 4. The van der Waals surface area contributed by atoms with Crippen molar-refractivity contribution < 1.29 is 19.4 Å². The molecule has 1 saturated carbocycles. The highest BCUT2D eigenvalue weighted by Gasteiger charge is 2.20. The van der Waals surface area contributed by atoms with Gasteiger partial charge in [0.2, 0.25) is 0 Å². The van der Waals surface area contributed by atoms with Crippen LogP contribution in [-0.2, 0) is 4.74 Å². The summed E-state index contributed by atoms with van der Waals surface area (Å²) in [6.45, 7) is 0. The van der Waals surface area contributed by atoms with Gasteiger partial charge in [-0.15, -0.1) is 0 Å². The summed E-state index contributed by atoms with van der Waals surface area (Å²) in [6.07, 6.45) is 5.84. The van der Waals surface area contributed by atoms with Crippen LogP contribution in [0.1, 0.15) is 64.3 Å². The number of anilines is 1. The number of halogens is 1. The summed E-state index contributed by atoms with van der Waals surface area (Å²) in [5.41, 5.74) is 1.94. The number of hydrogen-bond acceptors (Lipinski definition) is 4. The molecule has 0 atom stereocenters. The van der Waals surface area contributed by atoms with Crippen molar-refractivity contribution in [3.63, 3.8) is 0 Å². The third-order valence-electron chi connectivity index (χ3n) is 4.98. The van der Waals surface area contributed by atoms with E-state index in [1.807, 2.05) is 6.07 Å². The van der Waals surface area contributed by atoms with Crippen LogP contribution in [0.2, 0.25) is 5.02 Å². The lowest BCUT2D eigenvalue weighted by Gasteiger charge is -2.22. The lowest BCUT2D eigenvalue weighted by Crippen LogP contribution is -2.14. The van der Waals surface area contributed by atoms with Crippen LogP contribution < -0.4 is 5.32 Å². The fourth-order valence-corrected chi connectivity index (χ4v) is 3.70. The van der Waals surface area contributed by atoms with Crippen LogP contribution in [0.3, 0.4) is 0 Å². The molecule has 0 spiro atoms. The normalized spacial score (nSPS) is 14.6. The predicted octanol–water partition coefficient (Wildman–Crippen LogP) is 5.13. The van der Waals surface area contributed by atoms with Crippen LogP contribution in [0.15, 0.2) is 36.4 Å². The van der Waals surface area contributed by atoms with Crippen molar-refractivity contribution in [2.75, 3.05) is 12.4 Å². The van der Waals surface area contributed by atoms with Crippen molar-refractivity contribution in [2.24, 2.45) is 0 Å². The summed E-state index contributed by atoms with van der Waals surface area (Å²) in [5.74, 6) is -0.603. The van der Waals surface area contributed by atoms with Gasteiger partial charge in [-0.3, -0.25) is 4.79 Å². The smallest absolute Gasteiger partial charge is 0.337 e. The Kier molecular flexibility index (Phi) is 6.01. The van der Waals surface area contributed by atoms with Crippen LogP contribution in [0.5, 0.6) is 5.75 Å². The van der Waals surface area contributed by atoms with Crippen LogP contribution in [0, 0.1) is 0 Å². The molecule has 2 aromatic rings. The monoisotopic (exact) mass is 387 g/mol. The van der Waals surface area contributed by atoms with Gasteiger partial charge in [0, 0.05) is 0 Å². The van der Waals surface area contributed by atoms with E-state index in [0.717, 1.165) is 18.4 Å². The molecule has 0 aliphatic heterocycles. The summed E-state index contributed by atoms with van der Waals surface area (Å²) >= 11 is 6.17. The summed E-state index contributed by atoms with van der Waals surface area (Å²) < 4.78 is 4.65. The predicted molar refractivity (Wildman–Crippen MR) is 105 cm³/mol. The molecule has 0 aromatic heterocycles. The van der Waals surface area contributed by atoms with E-state index < -0.39 is 11.9 Å². The average molecular weight is 388 g/mol. The second kappa shape index (κ2) is 8.44. The average Bonchev–Trinajstić information content (AvgIpc) is 2.69. The number of benzene rings is 2. The quantitative estimate of drug-likeness (QED) is 0.713. The van der Waals surface area contributed by atoms with Crippen molar-refractivity contribution >= 4 is 29.2 Å². The maximum absolute atomic E-state index is 12.7. The minimum Gasteiger partial charge on any atom is -0.507 e. The second-order valence-corrected chi connectivity index (χ2v) is 7.16. The van der Waals surface area contributed by atoms with Gasteiger partial charge in [-0.1, -0.05) is 36.9 Å². The van der Waals surface area contributed by atoms with Crippen molar-refractivity contribution in [1.29, 1.82) is 0 Å². The maximum Gasteiger partial charge on any atom is 0.337 e. The zero-order valence-electron chi connectivity index (χ0n) is 15.1. The van der Waals surface area contributed by atoms with Crippen LogP contribution in [0.25, 0.3) is 0 Å². The number of amides is 1. The van der Waals surface area contributed by atoms with Crippen LogP contribution >= 0.6 is 11.6 Å². The van der Waals surface area contributed by atoms with E-state index >= 15 is 0 Å². The van der Waals surface area contributed by atoms with E-state index in [-0.39, 0.29) is 16.3 Å². The van der Waals surface area contributed by atoms with Gasteiger partial charge in [0.25, 0.3) is 5.91 Å². The Balaban J connectivity index is 1.80. The first-order valence-electron chi connectivity index (χ1n) is 9.01. The van der Waals surface area contributed by atoms with Gasteiger partial charge < -0.3 is 15.2 Å². The first-order chi connectivity index (χ1) is 13.0. The summed E-state index contributed by atoms with van der Waals surface area (Å²) in [4.78, 5) is 24.2. The van der Waals surface area contributed by atoms with Crippen molar-refractivity contribution in [2.45, 2.75) is 38.0 Å². The molecule has 142 valence electrons. The zero-order valence-corrected chi connectivity index (χ0v) is 15.9. The molecular weight excluding hydrogens is 366 g/mol. The van der Waals surface area contributed by atoms with Crippen LogP contribution in [0.4, 0.5) is 5.69 Å². The Bertz CT molecular complexity index is 859. The Morgan fingerprint density at radius 3 is 2.52 bits per heavy atom. The standard InChI is InChI=1S/C21H22ClNO4/c1-27-21(26)15-7-9-18(17(22)12-15)23-20(25)16-11-14(8-10-19(16)24)13-5-3-2-4-6-13/h7-13,24H,2-6H2,1H3,(H,23,25). The first kappa shape index (κ1) is 19.2. The molecule has 6 heteroatoms. The first-order valence-corrected chi connectivity index (χ1v) is 9.39. The lowest BCUT2D eigenvalue weighted by molar-refractivity contribution is 0.0600. The molecular formula is C21H22ClNO4. The van der Waals surface area contributed by atoms with Crippen LogP contribution in [-0.4, -0.2) is 24.1 Å². The Hall–Kier alpha value is -2.53. The van der Waals surface area contributed by atoms with Gasteiger partial charge in [0.15, 0.2) is 0 Å². The summed E-state index contributed by atoms with van der Waals surface area (Å²) in [5, 5.41) is 13.1. The number of carbonyl (C=O) groups excluding carboxylic acids is 2. The number of carbonyl (C=O) groups is 2. The molecule has 1 amide bonds. The van der Waals surface area contributed by atoms with Gasteiger partial charge in [0.05, 0.1) is 28.9 Å². The second-order valence-electron chi connectivity index (χ2n) is 6.75. The Morgan fingerprint density at radius 2 is 1.85 bits per heavy atom. The van der Waals surface area contributed by atoms with E-state index in [9.17, 15) is 14.7 Å². The van der Waals surface area contributed by atoms with E-state index in [1.54, 1.807) is 12.1 Å². The SMILES string of the molecule is COC(=O)c1ccc(NC(=O)c2cc(C3CCCCC3)ccc2O)c(Cl)c1. The highest BCUT2D eigenvalue weighted by Crippen LogP contribution is 2.35. The third kappa shape index (κ3) is 4.42. The fourth-order valence-electron chi connectivity index (χ4n) is 3.48. The number of nitrogens with one attached hydrogen (secondary N) is 1. The highest BCUT2D eigenvalue weighted by molar-refractivity contribution is 6.34. The largest absolute Gasteiger partial charge is 0.507 e. The molecule has 5 nitrogen and oxygen atoms in total. The summed E-state index contributed by atoms with van der Waals surface area (Å²) in [6, 6.07) is 9.71. The molecule has 2 aromatic carbocycles. The molecule has 1 aliphatic rings. The number of phenols is 1. The Labute approximate surface area is 163 Å². The zero-order chi connectivity index (χ0) is 19.4. The lowest BCUT2D eigenvalue weighted by atomic mass is 9.83. The van der Waals surface area contributed by atoms with E-state index in [2.05, 4.69) is 10.1 Å². The van der Waals surface area contributed by atoms with Gasteiger partial charge in [0.1, 0.15) is 5.75 Å². The molecule has 0 heterocycles. The number of aromatic hydroxyl groups is 1. The van der Waals surface area contributed by atoms with E-state index in [1.165, 1.54) is 44.6 Å². The van der Waals surface area contributed by atoms with Gasteiger partial charge in [-0.05, 0) is 54.7 Å². The highest BCUT2D eigenvalue weighted by atomic mass is 35.5. The molecule has 0 saturated heterocycles. The molecule has 0 unspecified atom stereocenters. The number of ether oxygens (including phenoxy) is 1. The van der Waals surface area contributed by atoms with Crippen molar-refractivity contribution in [1.82, 2.24) is 0 Å². The Morgan fingerprint density at radius 1 is 1.11 bits per heavy atom.